The van der Waals surface area contributed by atoms with E-state index in [1.165, 1.54) is 70.6 Å². The number of unbranched alkanes of at least 4 members (excludes halogenated alkanes) is 3. The van der Waals surface area contributed by atoms with Crippen LogP contribution < -0.4 is 5.32 Å². The van der Waals surface area contributed by atoms with Gasteiger partial charge in [-0.15, -0.1) is 0 Å². The molecule has 0 aromatic carbocycles. The van der Waals surface area contributed by atoms with E-state index >= 15 is 0 Å². The maximum atomic E-state index is 5.46. The summed E-state index contributed by atoms with van der Waals surface area (Å²) in [6.07, 6.45) is 15.1. The predicted octanol–water partition coefficient (Wildman–Crippen LogP) is 6.64. The summed E-state index contributed by atoms with van der Waals surface area (Å²) in [4.78, 5) is 2.22. The molecule has 0 aromatic heterocycles. The van der Waals surface area contributed by atoms with Crippen molar-refractivity contribution >= 4 is 17.3 Å². The average molecular weight is 383 g/mol. The summed E-state index contributed by atoms with van der Waals surface area (Å²) in [5.41, 5.74) is 0. The van der Waals surface area contributed by atoms with Crippen molar-refractivity contribution < 1.29 is 0 Å². The fourth-order valence-corrected chi connectivity index (χ4v) is 5.05. The van der Waals surface area contributed by atoms with Gasteiger partial charge in [0.1, 0.15) is 0 Å². The molecule has 4 atom stereocenters. The molecule has 0 radical (unpaired) electrons. The molecule has 1 aliphatic rings. The van der Waals surface area contributed by atoms with Gasteiger partial charge < -0.3 is 10.2 Å². The molecule has 0 spiro atoms. The van der Waals surface area contributed by atoms with Crippen LogP contribution in [0.5, 0.6) is 0 Å². The van der Waals surface area contributed by atoms with Gasteiger partial charge in [0.15, 0.2) is 5.11 Å². The van der Waals surface area contributed by atoms with E-state index in [0.29, 0.717) is 0 Å². The van der Waals surface area contributed by atoms with Gasteiger partial charge in [-0.2, -0.15) is 0 Å². The smallest absolute Gasteiger partial charge is 0.168 e. The van der Waals surface area contributed by atoms with Gasteiger partial charge in [0.05, 0.1) is 0 Å². The van der Waals surface area contributed by atoms with Crippen LogP contribution in [0.15, 0.2) is 0 Å². The summed E-state index contributed by atoms with van der Waals surface area (Å²) in [5.74, 6) is 3.90. The summed E-state index contributed by atoms with van der Waals surface area (Å²) in [5, 5.41) is 4.29. The molecule has 4 unspecified atom stereocenters. The molecule has 1 saturated carbocycles. The van der Waals surface area contributed by atoms with Crippen LogP contribution in [-0.2, 0) is 0 Å². The van der Waals surface area contributed by atoms with Crippen molar-refractivity contribution in [1.82, 2.24) is 10.2 Å². The van der Waals surface area contributed by atoms with E-state index < -0.39 is 0 Å². The van der Waals surface area contributed by atoms with Crippen molar-refractivity contribution in [2.24, 2.45) is 23.7 Å². The Hall–Kier alpha value is -0.310. The van der Waals surface area contributed by atoms with Gasteiger partial charge in [0, 0.05) is 20.1 Å². The van der Waals surface area contributed by atoms with Gasteiger partial charge in [-0.3, -0.25) is 0 Å². The molecule has 1 fully saturated rings. The van der Waals surface area contributed by atoms with E-state index in [-0.39, 0.29) is 0 Å². The van der Waals surface area contributed by atoms with E-state index in [1.807, 2.05) is 0 Å². The van der Waals surface area contributed by atoms with Crippen molar-refractivity contribution in [1.29, 1.82) is 0 Å². The molecule has 1 rings (SSSR count). The minimum atomic E-state index is 0.924. The quantitative estimate of drug-likeness (QED) is 0.301. The molecule has 1 aliphatic carbocycles. The standard InChI is InChI=1S/C23H46N2S/c1-6-9-15-24-23(26)25(5)16-12-10-11-14-20-17-21(8-3)19(4)22(18-20)13-7-2/h19-22H,6-18H2,1-5H3,(H,24,26). The third-order valence-corrected chi connectivity index (χ3v) is 7.16. The summed E-state index contributed by atoms with van der Waals surface area (Å²) in [6, 6.07) is 0. The third-order valence-electron chi connectivity index (χ3n) is 6.70. The van der Waals surface area contributed by atoms with Crippen LogP contribution in [0.3, 0.4) is 0 Å². The highest BCUT2D eigenvalue weighted by atomic mass is 32.1. The molecule has 0 aromatic rings. The van der Waals surface area contributed by atoms with Gasteiger partial charge in [-0.25, -0.2) is 0 Å². The van der Waals surface area contributed by atoms with Crippen LogP contribution in [0.25, 0.3) is 0 Å². The first-order valence-electron chi connectivity index (χ1n) is 11.5. The molecule has 0 amide bonds. The zero-order valence-corrected chi connectivity index (χ0v) is 19.2. The maximum Gasteiger partial charge on any atom is 0.168 e. The second-order valence-electron chi connectivity index (χ2n) is 8.77. The molecule has 2 nitrogen and oxygen atoms in total. The van der Waals surface area contributed by atoms with Crippen LogP contribution in [-0.4, -0.2) is 30.1 Å². The molecule has 0 saturated heterocycles. The Kier molecular flexibility index (Phi) is 12.6. The zero-order chi connectivity index (χ0) is 19.4. The lowest BCUT2D eigenvalue weighted by Crippen LogP contribution is -2.37. The Morgan fingerprint density at radius 1 is 0.962 bits per heavy atom. The van der Waals surface area contributed by atoms with Crippen molar-refractivity contribution in [2.75, 3.05) is 20.1 Å². The Morgan fingerprint density at radius 2 is 1.69 bits per heavy atom. The van der Waals surface area contributed by atoms with E-state index in [4.69, 9.17) is 12.2 Å². The Bertz CT molecular complexity index is 371. The van der Waals surface area contributed by atoms with Crippen LogP contribution in [0.4, 0.5) is 0 Å². The van der Waals surface area contributed by atoms with E-state index in [1.54, 1.807) is 0 Å². The lowest BCUT2D eigenvalue weighted by atomic mass is 9.65. The monoisotopic (exact) mass is 382 g/mol. The summed E-state index contributed by atoms with van der Waals surface area (Å²) < 4.78 is 0. The first-order chi connectivity index (χ1) is 12.5. The highest BCUT2D eigenvalue weighted by molar-refractivity contribution is 7.80. The van der Waals surface area contributed by atoms with Gasteiger partial charge in [0.2, 0.25) is 0 Å². The molecular weight excluding hydrogens is 336 g/mol. The fourth-order valence-electron chi connectivity index (χ4n) is 4.86. The number of hydrogen-bond donors (Lipinski definition) is 1. The van der Waals surface area contributed by atoms with Gasteiger partial charge in [-0.05, 0) is 61.6 Å². The number of rotatable bonds is 12. The number of nitrogens with zero attached hydrogens (tertiary/aromatic N) is 1. The van der Waals surface area contributed by atoms with Gasteiger partial charge in [0.25, 0.3) is 0 Å². The van der Waals surface area contributed by atoms with E-state index in [2.05, 4.69) is 45.0 Å². The molecule has 0 aliphatic heterocycles. The Labute approximate surface area is 169 Å². The lowest BCUT2D eigenvalue weighted by molar-refractivity contribution is 0.101. The Balaban J connectivity index is 2.21. The minimum Gasteiger partial charge on any atom is -0.363 e. The maximum absolute atomic E-state index is 5.46. The van der Waals surface area contributed by atoms with E-state index in [0.717, 1.165) is 41.9 Å². The van der Waals surface area contributed by atoms with Crippen molar-refractivity contribution in [3.05, 3.63) is 0 Å². The summed E-state index contributed by atoms with van der Waals surface area (Å²) in [7, 11) is 2.13. The summed E-state index contributed by atoms with van der Waals surface area (Å²) in [6.45, 7) is 11.6. The second-order valence-corrected chi connectivity index (χ2v) is 9.16. The molecule has 154 valence electrons. The molecule has 0 bridgehead atoms. The van der Waals surface area contributed by atoms with Crippen molar-refractivity contribution in [3.63, 3.8) is 0 Å². The highest BCUT2D eigenvalue weighted by Gasteiger charge is 2.33. The minimum absolute atomic E-state index is 0.924. The fraction of sp³-hybridized carbons (Fsp3) is 0.957. The average Bonchev–Trinajstić information content (AvgIpc) is 2.63. The van der Waals surface area contributed by atoms with Crippen LogP contribution in [0, 0.1) is 23.7 Å². The van der Waals surface area contributed by atoms with Crippen molar-refractivity contribution in [3.8, 4) is 0 Å². The Morgan fingerprint density at radius 3 is 2.35 bits per heavy atom. The number of nitrogens with one attached hydrogen (secondary N) is 1. The summed E-state index contributed by atoms with van der Waals surface area (Å²) >= 11 is 5.46. The van der Waals surface area contributed by atoms with Crippen LogP contribution in [0.2, 0.25) is 0 Å². The highest BCUT2D eigenvalue weighted by Crippen LogP contribution is 2.43. The largest absolute Gasteiger partial charge is 0.363 e. The molecular formula is C23H46N2S. The van der Waals surface area contributed by atoms with Crippen LogP contribution >= 0.6 is 12.2 Å². The van der Waals surface area contributed by atoms with Gasteiger partial charge in [-0.1, -0.05) is 72.6 Å². The first-order valence-corrected chi connectivity index (χ1v) is 11.9. The topological polar surface area (TPSA) is 15.3 Å². The number of thiocarbonyl (C=S) groups is 1. The SMILES string of the molecule is CCCCNC(=S)N(C)CCCCCC1CC(CC)C(C)C(CCC)C1. The van der Waals surface area contributed by atoms with Crippen LogP contribution in [0.1, 0.15) is 98.3 Å². The third kappa shape index (κ3) is 8.59. The second kappa shape index (κ2) is 13.8. The molecule has 1 N–H and O–H groups in total. The number of hydrogen-bond acceptors (Lipinski definition) is 1. The zero-order valence-electron chi connectivity index (χ0n) is 18.4. The van der Waals surface area contributed by atoms with E-state index in [9.17, 15) is 0 Å². The molecule has 3 heteroatoms. The lowest BCUT2D eigenvalue weighted by Gasteiger charge is -2.40. The van der Waals surface area contributed by atoms with Gasteiger partial charge >= 0.3 is 0 Å². The van der Waals surface area contributed by atoms with Crippen molar-refractivity contribution in [2.45, 2.75) is 98.3 Å². The molecule has 0 heterocycles. The predicted molar refractivity (Wildman–Crippen MR) is 121 cm³/mol. The molecule has 26 heavy (non-hydrogen) atoms. The normalized spacial score (nSPS) is 25.9. The first kappa shape index (κ1) is 23.7.